The molecule has 0 aromatic heterocycles. The predicted molar refractivity (Wildman–Crippen MR) is 137 cm³/mol. The third-order valence-corrected chi connectivity index (χ3v) is 5.53. The molecular weight excluding hydrogens is 460 g/mol. The molecule has 0 aliphatic heterocycles. The van der Waals surface area contributed by atoms with Crippen LogP contribution in [0, 0.1) is 0 Å². The van der Waals surface area contributed by atoms with Crippen LogP contribution >= 0.6 is 0 Å². The van der Waals surface area contributed by atoms with Crippen LogP contribution in [0.25, 0.3) is 0 Å². The van der Waals surface area contributed by atoms with Crippen molar-refractivity contribution in [1.29, 1.82) is 0 Å². The van der Waals surface area contributed by atoms with Crippen molar-refractivity contribution in [2.24, 2.45) is 0 Å². The Hall–Kier alpha value is -4.20. The first-order valence-corrected chi connectivity index (χ1v) is 11.7. The Morgan fingerprint density at radius 2 is 1.25 bits per heavy atom. The highest BCUT2D eigenvalue weighted by Gasteiger charge is 2.23. The van der Waals surface area contributed by atoms with Gasteiger partial charge in [0.1, 0.15) is 17.7 Å². The number of carbonyl (C=O) groups is 2. The molecule has 0 aliphatic carbocycles. The molecule has 8 heteroatoms. The summed E-state index contributed by atoms with van der Waals surface area (Å²) in [5.74, 6) is 1.08. The van der Waals surface area contributed by atoms with Crippen molar-refractivity contribution in [3.8, 4) is 23.0 Å². The SMILES string of the molecule is CCCCOc1ccc(C(NC(=O)c2ccccc2OC)NC(=O)c2ccccc2OC)cc1OC. The first kappa shape index (κ1) is 26.4. The summed E-state index contributed by atoms with van der Waals surface area (Å²) < 4.78 is 22.0. The molecule has 0 saturated carbocycles. The van der Waals surface area contributed by atoms with Crippen LogP contribution in [0.3, 0.4) is 0 Å². The van der Waals surface area contributed by atoms with Gasteiger partial charge in [0.25, 0.3) is 11.8 Å². The van der Waals surface area contributed by atoms with Crippen LogP contribution in [0.2, 0.25) is 0 Å². The molecule has 0 heterocycles. The molecule has 2 amide bonds. The molecule has 0 fully saturated rings. The maximum Gasteiger partial charge on any atom is 0.256 e. The van der Waals surface area contributed by atoms with Crippen LogP contribution in [0.4, 0.5) is 0 Å². The van der Waals surface area contributed by atoms with Gasteiger partial charge < -0.3 is 29.6 Å². The molecule has 3 rings (SSSR count). The van der Waals surface area contributed by atoms with Crippen LogP contribution in [-0.4, -0.2) is 39.8 Å². The minimum absolute atomic E-state index is 0.336. The standard InChI is InChI=1S/C28H32N2O6/c1-5-6-17-36-24-16-15-19(18-25(24)35-4)26(29-27(31)20-11-7-9-13-22(20)33-2)30-28(32)21-12-8-10-14-23(21)34-3/h7-16,18,26H,5-6,17H2,1-4H3,(H,29,31)(H,30,32). The first-order chi connectivity index (χ1) is 17.5. The van der Waals surface area contributed by atoms with E-state index >= 15 is 0 Å². The van der Waals surface area contributed by atoms with Gasteiger partial charge in [-0.2, -0.15) is 0 Å². The number of ether oxygens (including phenoxy) is 4. The topological polar surface area (TPSA) is 95.1 Å². The molecule has 0 radical (unpaired) electrons. The third-order valence-electron chi connectivity index (χ3n) is 5.53. The second-order valence-corrected chi connectivity index (χ2v) is 7.89. The first-order valence-electron chi connectivity index (χ1n) is 11.7. The lowest BCUT2D eigenvalue weighted by molar-refractivity contribution is 0.0880. The van der Waals surface area contributed by atoms with E-state index in [2.05, 4.69) is 17.6 Å². The van der Waals surface area contributed by atoms with Gasteiger partial charge in [-0.25, -0.2) is 0 Å². The molecule has 0 saturated heterocycles. The molecule has 3 aromatic carbocycles. The number of methoxy groups -OCH3 is 3. The second-order valence-electron chi connectivity index (χ2n) is 7.89. The van der Waals surface area contributed by atoms with Crippen LogP contribution < -0.4 is 29.6 Å². The Balaban J connectivity index is 1.95. The number of benzene rings is 3. The zero-order valence-corrected chi connectivity index (χ0v) is 21.0. The van der Waals surface area contributed by atoms with E-state index in [1.165, 1.54) is 14.2 Å². The summed E-state index contributed by atoms with van der Waals surface area (Å²) in [7, 11) is 4.53. The average molecular weight is 493 g/mol. The summed E-state index contributed by atoms with van der Waals surface area (Å²) in [5, 5.41) is 5.79. The van der Waals surface area contributed by atoms with Crippen molar-refractivity contribution in [1.82, 2.24) is 10.6 Å². The molecule has 0 bridgehead atoms. The average Bonchev–Trinajstić information content (AvgIpc) is 2.92. The van der Waals surface area contributed by atoms with E-state index in [9.17, 15) is 9.59 Å². The number of hydrogen-bond acceptors (Lipinski definition) is 6. The maximum atomic E-state index is 13.2. The lowest BCUT2D eigenvalue weighted by Gasteiger charge is -2.23. The summed E-state index contributed by atoms with van der Waals surface area (Å²) >= 11 is 0. The van der Waals surface area contributed by atoms with E-state index in [0.717, 1.165) is 12.8 Å². The Bertz CT molecular complexity index is 1120. The molecule has 36 heavy (non-hydrogen) atoms. The summed E-state index contributed by atoms with van der Waals surface area (Å²) in [6.07, 6.45) is 1.03. The fourth-order valence-electron chi connectivity index (χ4n) is 3.59. The van der Waals surface area contributed by atoms with E-state index in [1.807, 2.05) is 0 Å². The van der Waals surface area contributed by atoms with E-state index in [0.29, 0.717) is 46.3 Å². The van der Waals surface area contributed by atoms with Crippen molar-refractivity contribution in [3.63, 3.8) is 0 Å². The van der Waals surface area contributed by atoms with Gasteiger partial charge in [0, 0.05) is 0 Å². The molecule has 8 nitrogen and oxygen atoms in total. The van der Waals surface area contributed by atoms with Gasteiger partial charge in [-0.3, -0.25) is 9.59 Å². The Morgan fingerprint density at radius 1 is 0.722 bits per heavy atom. The van der Waals surface area contributed by atoms with Gasteiger partial charge in [-0.1, -0.05) is 43.7 Å². The van der Waals surface area contributed by atoms with Gasteiger partial charge >= 0.3 is 0 Å². The fourth-order valence-corrected chi connectivity index (χ4v) is 3.59. The van der Waals surface area contributed by atoms with E-state index in [1.54, 1.807) is 73.8 Å². The normalized spacial score (nSPS) is 10.5. The number of nitrogens with one attached hydrogen (secondary N) is 2. The number of amides is 2. The molecular formula is C28H32N2O6. The Morgan fingerprint density at radius 3 is 1.75 bits per heavy atom. The largest absolute Gasteiger partial charge is 0.496 e. The van der Waals surface area contributed by atoms with Crippen molar-refractivity contribution in [2.45, 2.75) is 25.9 Å². The van der Waals surface area contributed by atoms with Crippen LogP contribution in [0.5, 0.6) is 23.0 Å². The summed E-state index contributed by atoms with van der Waals surface area (Å²) in [5.41, 5.74) is 1.27. The smallest absolute Gasteiger partial charge is 0.256 e. The molecule has 2 N–H and O–H groups in total. The number of hydrogen-bond donors (Lipinski definition) is 2. The number of unbranched alkanes of at least 4 members (excludes halogenated alkanes) is 1. The molecule has 0 unspecified atom stereocenters. The van der Waals surface area contributed by atoms with Crippen molar-refractivity contribution >= 4 is 11.8 Å². The van der Waals surface area contributed by atoms with Crippen molar-refractivity contribution < 1.29 is 28.5 Å². The van der Waals surface area contributed by atoms with Crippen molar-refractivity contribution in [3.05, 3.63) is 83.4 Å². The van der Waals surface area contributed by atoms with Gasteiger partial charge in [-0.05, 0) is 48.4 Å². The van der Waals surface area contributed by atoms with Gasteiger partial charge in [-0.15, -0.1) is 0 Å². The zero-order chi connectivity index (χ0) is 25.9. The van der Waals surface area contributed by atoms with Crippen molar-refractivity contribution in [2.75, 3.05) is 27.9 Å². The minimum atomic E-state index is -0.890. The maximum absolute atomic E-state index is 13.2. The fraction of sp³-hybridized carbons (Fsp3) is 0.286. The monoisotopic (exact) mass is 492 g/mol. The lowest BCUT2D eigenvalue weighted by Crippen LogP contribution is -2.41. The highest BCUT2D eigenvalue weighted by Crippen LogP contribution is 2.31. The van der Waals surface area contributed by atoms with Gasteiger partial charge in [0.2, 0.25) is 0 Å². The number of para-hydroxylation sites is 2. The summed E-state index contributed by atoms with van der Waals surface area (Å²) in [4.78, 5) is 26.4. The van der Waals surface area contributed by atoms with E-state index in [4.69, 9.17) is 18.9 Å². The lowest BCUT2D eigenvalue weighted by atomic mass is 10.1. The molecule has 0 atom stereocenters. The Labute approximate surface area is 211 Å². The Kier molecular flexibility index (Phi) is 9.56. The number of carbonyl (C=O) groups excluding carboxylic acids is 2. The molecule has 0 aliphatic rings. The quantitative estimate of drug-likeness (QED) is 0.280. The third kappa shape index (κ3) is 6.47. The van der Waals surface area contributed by atoms with E-state index < -0.39 is 18.0 Å². The zero-order valence-electron chi connectivity index (χ0n) is 21.0. The van der Waals surface area contributed by atoms with E-state index in [-0.39, 0.29) is 0 Å². The second kappa shape index (κ2) is 13.0. The van der Waals surface area contributed by atoms with Crippen LogP contribution in [-0.2, 0) is 0 Å². The summed E-state index contributed by atoms with van der Waals surface area (Å²) in [6.45, 7) is 2.65. The van der Waals surface area contributed by atoms with Gasteiger partial charge in [0.05, 0.1) is 39.1 Å². The minimum Gasteiger partial charge on any atom is -0.496 e. The van der Waals surface area contributed by atoms with Crippen LogP contribution in [0.15, 0.2) is 66.7 Å². The highest BCUT2D eigenvalue weighted by molar-refractivity contribution is 5.99. The van der Waals surface area contributed by atoms with Crippen LogP contribution in [0.1, 0.15) is 52.2 Å². The number of rotatable bonds is 12. The summed E-state index contributed by atoms with van der Waals surface area (Å²) in [6, 6.07) is 19.0. The molecule has 190 valence electrons. The van der Waals surface area contributed by atoms with Gasteiger partial charge in [0.15, 0.2) is 11.5 Å². The molecule has 0 spiro atoms. The highest BCUT2D eigenvalue weighted by atomic mass is 16.5. The predicted octanol–water partition coefficient (Wildman–Crippen LogP) is 4.75. The molecule has 3 aromatic rings.